The Balaban J connectivity index is 2.02. The summed E-state index contributed by atoms with van der Waals surface area (Å²) in [6.07, 6.45) is 6.11. The molecule has 1 heterocycles. The molecule has 0 aliphatic rings. The van der Waals surface area contributed by atoms with Crippen LogP contribution in [0.1, 0.15) is 6.42 Å². The molecule has 7 nitrogen and oxygen atoms in total. The molecule has 0 radical (unpaired) electrons. The Morgan fingerprint density at radius 2 is 2.12 bits per heavy atom. The highest BCUT2D eigenvalue weighted by Gasteiger charge is 2.02. The number of rotatable bonds is 7. The van der Waals surface area contributed by atoms with Crippen LogP contribution in [0.15, 0.2) is 18.7 Å². The zero-order valence-corrected chi connectivity index (χ0v) is 9.56. The van der Waals surface area contributed by atoms with Crippen LogP contribution in [0.3, 0.4) is 0 Å². The monoisotopic (exact) mass is 239 g/mol. The Morgan fingerprint density at radius 1 is 1.29 bits per heavy atom. The summed E-state index contributed by atoms with van der Waals surface area (Å²) in [4.78, 5) is 25.9. The number of nitrogens with two attached hydrogens (primary N) is 1. The van der Waals surface area contributed by atoms with Gasteiger partial charge in [0, 0.05) is 25.5 Å². The number of carbonyl (C=O) groups is 2. The van der Waals surface area contributed by atoms with Crippen molar-refractivity contribution in [2.45, 2.75) is 13.0 Å². The fourth-order valence-electron chi connectivity index (χ4n) is 1.22. The number of aryl methyl sites for hydroxylation is 1. The summed E-state index contributed by atoms with van der Waals surface area (Å²) in [5.41, 5.74) is 5.08. The summed E-state index contributed by atoms with van der Waals surface area (Å²) in [7, 11) is 0. The lowest BCUT2D eigenvalue weighted by atomic mass is 10.4. The van der Waals surface area contributed by atoms with Gasteiger partial charge in [0.05, 0.1) is 19.4 Å². The maximum Gasteiger partial charge on any atom is 0.239 e. The van der Waals surface area contributed by atoms with E-state index in [4.69, 9.17) is 5.73 Å². The highest BCUT2D eigenvalue weighted by molar-refractivity contribution is 5.85. The van der Waals surface area contributed by atoms with Crippen molar-refractivity contribution in [3.8, 4) is 0 Å². The molecule has 0 spiro atoms. The molecule has 4 N–H and O–H groups in total. The standard InChI is InChI=1S/C10H17N5O2/c11-6-9(16)14-7-10(17)13-2-1-4-15-5-3-12-8-15/h3,5,8H,1-2,4,6-7,11H2,(H,13,17)(H,14,16). The van der Waals surface area contributed by atoms with Gasteiger partial charge in [-0.3, -0.25) is 9.59 Å². The smallest absolute Gasteiger partial charge is 0.239 e. The third-order valence-electron chi connectivity index (χ3n) is 2.11. The molecule has 0 bridgehead atoms. The minimum Gasteiger partial charge on any atom is -0.355 e. The van der Waals surface area contributed by atoms with Gasteiger partial charge in [-0.2, -0.15) is 0 Å². The van der Waals surface area contributed by atoms with E-state index in [1.807, 2.05) is 10.8 Å². The van der Waals surface area contributed by atoms with Gasteiger partial charge in [0.25, 0.3) is 0 Å². The molecule has 17 heavy (non-hydrogen) atoms. The third-order valence-corrected chi connectivity index (χ3v) is 2.11. The molecular formula is C10H17N5O2. The van der Waals surface area contributed by atoms with Gasteiger partial charge < -0.3 is 20.9 Å². The number of nitrogens with one attached hydrogen (secondary N) is 2. The summed E-state index contributed by atoms with van der Waals surface area (Å²) in [6.45, 7) is 1.24. The first-order valence-electron chi connectivity index (χ1n) is 5.41. The van der Waals surface area contributed by atoms with Crippen LogP contribution in [0.5, 0.6) is 0 Å². The normalized spacial score (nSPS) is 9.94. The lowest BCUT2D eigenvalue weighted by Crippen LogP contribution is -2.39. The van der Waals surface area contributed by atoms with Crippen LogP contribution in [0, 0.1) is 0 Å². The fraction of sp³-hybridized carbons (Fsp3) is 0.500. The van der Waals surface area contributed by atoms with Gasteiger partial charge in [0.1, 0.15) is 0 Å². The number of amides is 2. The summed E-state index contributed by atoms with van der Waals surface area (Å²) < 4.78 is 1.93. The topological polar surface area (TPSA) is 102 Å². The zero-order valence-electron chi connectivity index (χ0n) is 9.56. The van der Waals surface area contributed by atoms with Crippen molar-refractivity contribution in [3.63, 3.8) is 0 Å². The Labute approximate surface area is 99.4 Å². The quantitative estimate of drug-likeness (QED) is 0.502. The second-order valence-corrected chi connectivity index (χ2v) is 3.48. The lowest BCUT2D eigenvalue weighted by molar-refractivity contribution is -0.125. The first-order chi connectivity index (χ1) is 8.22. The molecule has 1 aromatic heterocycles. The van der Waals surface area contributed by atoms with Gasteiger partial charge in [-0.25, -0.2) is 4.98 Å². The van der Waals surface area contributed by atoms with E-state index in [2.05, 4.69) is 15.6 Å². The van der Waals surface area contributed by atoms with Crippen molar-refractivity contribution in [2.75, 3.05) is 19.6 Å². The molecule has 0 fully saturated rings. The van der Waals surface area contributed by atoms with Crippen molar-refractivity contribution < 1.29 is 9.59 Å². The van der Waals surface area contributed by atoms with E-state index in [-0.39, 0.29) is 24.9 Å². The minimum absolute atomic E-state index is 0.0267. The number of hydrogen-bond donors (Lipinski definition) is 3. The molecule has 0 atom stereocenters. The Kier molecular flexibility index (Phi) is 5.73. The molecular weight excluding hydrogens is 222 g/mol. The van der Waals surface area contributed by atoms with Crippen molar-refractivity contribution >= 4 is 11.8 Å². The van der Waals surface area contributed by atoms with E-state index in [1.54, 1.807) is 12.5 Å². The summed E-state index contributed by atoms with van der Waals surface area (Å²) in [5, 5.41) is 5.09. The molecule has 0 aliphatic heterocycles. The molecule has 0 saturated carbocycles. The maximum atomic E-state index is 11.2. The average Bonchev–Trinajstić information content (AvgIpc) is 2.84. The van der Waals surface area contributed by atoms with E-state index in [9.17, 15) is 9.59 Å². The third kappa shape index (κ3) is 5.67. The van der Waals surface area contributed by atoms with Crippen LogP contribution in [-0.4, -0.2) is 41.0 Å². The fourth-order valence-corrected chi connectivity index (χ4v) is 1.22. The molecule has 2 amide bonds. The Hall–Kier alpha value is -1.89. The molecule has 1 rings (SSSR count). The highest BCUT2D eigenvalue weighted by atomic mass is 16.2. The van der Waals surface area contributed by atoms with E-state index < -0.39 is 0 Å². The lowest BCUT2D eigenvalue weighted by Gasteiger charge is -2.06. The first-order valence-corrected chi connectivity index (χ1v) is 5.41. The van der Waals surface area contributed by atoms with Crippen molar-refractivity contribution in [1.29, 1.82) is 0 Å². The van der Waals surface area contributed by atoms with E-state index >= 15 is 0 Å². The summed E-state index contributed by atoms with van der Waals surface area (Å²) in [5.74, 6) is -0.545. The van der Waals surface area contributed by atoms with Gasteiger partial charge in [0.15, 0.2) is 0 Å². The molecule has 0 aromatic carbocycles. The van der Waals surface area contributed by atoms with Crippen LogP contribution < -0.4 is 16.4 Å². The number of hydrogen-bond acceptors (Lipinski definition) is 4. The molecule has 94 valence electrons. The van der Waals surface area contributed by atoms with E-state index in [0.717, 1.165) is 13.0 Å². The predicted octanol–water partition coefficient (Wildman–Crippen LogP) is -1.54. The predicted molar refractivity (Wildman–Crippen MR) is 61.9 cm³/mol. The SMILES string of the molecule is NCC(=O)NCC(=O)NCCCn1ccnc1. The number of imidazole rings is 1. The Bertz CT molecular complexity index is 350. The van der Waals surface area contributed by atoms with Gasteiger partial charge >= 0.3 is 0 Å². The first kappa shape index (κ1) is 13.2. The van der Waals surface area contributed by atoms with E-state index in [1.165, 1.54) is 0 Å². The van der Waals surface area contributed by atoms with Gasteiger partial charge in [-0.15, -0.1) is 0 Å². The summed E-state index contributed by atoms with van der Waals surface area (Å²) >= 11 is 0. The van der Waals surface area contributed by atoms with Gasteiger partial charge in [-0.05, 0) is 6.42 Å². The van der Waals surface area contributed by atoms with Crippen molar-refractivity contribution in [2.24, 2.45) is 5.73 Å². The second-order valence-electron chi connectivity index (χ2n) is 3.48. The van der Waals surface area contributed by atoms with Crippen LogP contribution in [0.2, 0.25) is 0 Å². The van der Waals surface area contributed by atoms with Crippen LogP contribution >= 0.6 is 0 Å². The molecule has 1 aromatic rings. The van der Waals surface area contributed by atoms with Crippen LogP contribution in [0.25, 0.3) is 0 Å². The molecule has 0 aliphatic carbocycles. The van der Waals surface area contributed by atoms with Crippen molar-refractivity contribution in [3.05, 3.63) is 18.7 Å². The number of carbonyl (C=O) groups excluding carboxylic acids is 2. The van der Waals surface area contributed by atoms with Crippen LogP contribution in [-0.2, 0) is 16.1 Å². The maximum absolute atomic E-state index is 11.2. The zero-order chi connectivity index (χ0) is 12.5. The molecule has 0 unspecified atom stereocenters. The van der Waals surface area contributed by atoms with Crippen LogP contribution in [0.4, 0.5) is 0 Å². The van der Waals surface area contributed by atoms with Gasteiger partial charge in [0.2, 0.25) is 11.8 Å². The van der Waals surface area contributed by atoms with E-state index in [0.29, 0.717) is 6.54 Å². The molecule has 0 saturated heterocycles. The minimum atomic E-state index is -0.335. The molecule has 7 heteroatoms. The van der Waals surface area contributed by atoms with Gasteiger partial charge in [-0.1, -0.05) is 0 Å². The average molecular weight is 239 g/mol. The largest absolute Gasteiger partial charge is 0.355 e. The number of nitrogens with zero attached hydrogens (tertiary/aromatic N) is 2. The Morgan fingerprint density at radius 3 is 2.76 bits per heavy atom. The highest BCUT2D eigenvalue weighted by Crippen LogP contribution is 1.88. The summed E-state index contributed by atoms with van der Waals surface area (Å²) in [6, 6.07) is 0. The second kappa shape index (κ2) is 7.39. The number of aromatic nitrogens is 2. The van der Waals surface area contributed by atoms with Crippen molar-refractivity contribution in [1.82, 2.24) is 20.2 Å².